The van der Waals surface area contributed by atoms with Gasteiger partial charge >= 0.3 is 5.97 Å². The van der Waals surface area contributed by atoms with Crippen LogP contribution in [0, 0.1) is 5.92 Å². The number of carboxylic acids is 1. The quantitative estimate of drug-likeness (QED) is 0.733. The maximum atomic E-state index is 10.4. The molecule has 16 heavy (non-hydrogen) atoms. The van der Waals surface area contributed by atoms with Gasteiger partial charge in [0.05, 0.1) is 12.7 Å². The number of hydrogen-bond donors (Lipinski definition) is 1. The fourth-order valence-corrected chi connectivity index (χ4v) is 2.27. The molecule has 1 aliphatic rings. The number of ether oxygens (including phenoxy) is 1. The van der Waals surface area contributed by atoms with E-state index in [-0.39, 0.29) is 0 Å². The van der Waals surface area contributed by atoms with Crippen LogP contribution in [0.25, 0.3) is 0 Å². The van der Waals surface area contributed by atoms with E-state index in [1.54, 1.807) is 6.92 Å². The van der Waals surface area contributed by atoms with Gasteiger partial charge in [0, 0.05) is 6.08 Å². The Morgan fingerprint density at radius 3 is 2.88 bits per heavy atom. The maximum absolute atomic E-state index is 10.4. The van der Waals surface area contributed by atoms with E-state index < -0.39 is 5.97 Å². The second-order valence-corrected chi connectivity index (χ2v) is 4.70. The normalized spacial score (nSPS) is 26.8. The van der Waals surface area contributed by atoms with Crippen LogP contribution in [0.5, 0.6) is 0 Å². The van der Waals surface area contributed by atoms with Crippen LogP contribution in [-0.2, 0) is 9.53 Å². The first-order chi connectivity index (χ1) is 7.61. The largest absolute Gasteiger partial charge is 0.478 e. The molecule has 1 N–H and O–H groups in total. The highest BCUT2D eigenvalue weighted by Crippen LogP contribution is 2.28. The van der Waals surface area contributed by atoms with Gasteiger partial charge in [0.2, 0.25) is 0 Å². The third kappa shape index (κ3) is 4.79. The van der Waals surface area contributed by atoms with E-state index in [0.29, 0.717) is 12.7 Å². The van der Waals surface area contributed by atoms with E-state index >= 15 is 0 Å². The third-order valence-electron chi connectivity index (χ3n) is 3.23. The van der Waals surface area contributed by atoms with Crippen molar-refractivity contribution in [2.75, 3.05) is 6.61 Å². The Kier molecular flexibility index (Phi) is 5.53. The minimum atomic E-state index is -0.892. The lowest BCUT2D eigenvalue weighted by Gasteiger charge is -2.28. The van der Waals surface area contributed by atoms with Crippen molar-refractivity contribution < 1.29 is 14.6 Å². The summed E-state index contributed by atoms with van der Waals surface area (Å²) in [5.41, 5.74) is 0.783. The number of carboxylic acid groups (broad SMARTS) is 1. The fraction of sp³-hybridized carbons (Fsp3) is 0.769. The minimum Gasteiger partial charge on any atom is -0.478 e. The topological polar surface area (TPSA) is 46.5 Å². The molecule has 1 aliphatic carbocycles. The molecule has 0 aliphatic heterocycles. The zero-order valence-corrected chi connectivity index (χ0v) is 10.2. The monoisotopic (exact) mass is 226 g/mol. The molecular formula is C13H22O3. The Morgan fingerprint density at radius 2 is 2.25 bits per heavy atom. The van der Waals surface area contributed by atoms with Gasteiger partial charge in [-0.15, -0.1) is 0 Å². The fourth-order valence-electron chi connectivity index (χ4n) is 2.27. The zero-order valence-electron chi connectivity index (χ0n) is 10.2. The molecule has 0 radical (unpaired) electrons. The van der Waals surface area contributed by atoms with Crippen LogP contribution < -0.4 is 0 Å². The summed E-state index contributed by atoms with van der Waals surface area (Å²) in [6.07, 6.45) is 7.60. The first kappa shape index (κ1) is 13.2. The summed E-state index contributed by atoms with van der Waals surface area (Å²) in [6, 6.07) is 0. The molecule has 2 unspecified atom stereocenters. The first-order valence-corrected chi connectivity index (χ1v) is 6.13. The van der Waals surface area contributed by atoms with Crippen molar-refractivity contribution in [3.05, 3.63) is 11.6 Å². The van der Waals surface area contributed by atoms with Crippen LogP contribution >= 0.6 is 0 Å². The summed E-state index contributed by atoms with van der Waals surface area (Å²) < 4.78 is 5.75. The molecule has 0 aromatic rings. The Hall–Kier alpha value is -0.830. The van der Waals surface area contributed by atoms with Crippen LogP contribution in [0.2, 0.25) is 0 Å². The molecular weight excluding hydrogens is 204 g/mol. The zero-order chi connectivity index (χ0) is 12.0. The lowest BCUT2D eigenvalue weighted by Crippen LogP contribution is -2.23. The van der Waals surface area contributed by atoms with Crippen LogP contribution in [0.15, 0.2) is 11.6 Å². The van der Waals surface area contributed by atoms with Gasteiger partial charge < -0.3 is 9.84 Å². The number of carbonyl (C=O) groups is 1. The molecule has 1 saturated carbocycles. The highest BCUT2D eigenvalue weighted by atomic mass is 16.5. The van der Waals surface area contributed by atoms with Gasteiger partial charge in [0.1, 0.15) is 0 Å². The SMILES string of the molecule is CCC1CCCC(OCC(C)=CC(=O)O)C1. The van der Waals surface area contributed by atoms with Crippen molar-refractivity contribution >= 4 is 5.97 Å². The smallest absolute Gasteiger partial charge is 0.328 e. The molecule has 0 heterocycles. The van der Waals surface area contributed by atoms with Gasteiger partial charge in [-0.2, -0.15) is 0 Å². The van der Waals surface area contributed by atoms with E-state index in [2.05, 4.69) is 6.92 Å². The Labute approximate surface area is 97.5 Å². The van der Waals surface area contributed by atoms with E-state index in [4.69, 9.17) is 9.84 Å². The van der Waals surface area contributed by atoms with Crippen LogP contribution in [-0.4, -0.2) is 23.8 Å². The second-order valence-electron chi connectivity index (χ2n) is 4.70. The molecule has 1 fully saturated rings. The van der Waals surface area contributed by atoms with Crippen LogP contribution in [0.4, 0.5) is 0 Å². The summed E-state index contributed by atoms with van der Waals surface area (Å²) in [5.74, 6) is -0.0984. The van der Waals surface area contributed by atoms with Gasteiger partial charge in [-0.1, -0.05) is 26.2 Å². The van der Waals surface area contributed by atoms with Crippen LogP contribution in [0.1, 0.15) is 46.0 Å². The molecule has 1 rings (SSSR count). The van der Waals surface area contributed by atoms with Crippen molar-refractivity contribution in [2.24, 2.45) is 5.92 Å². The predicted octanol–water partition coefficient (Wildman–Crippen LogP) is 3.00. The van der Waals surface area contributed by atoms with E-state index in [9.17, 15) is 4.79 Å². The summed E-state index contributed by atoms with van der Waals surface area (Å²) in [6.45, 7) is 4.48. The van der Waals surface area contributed by atoms with Gasteiger partial charge in [-0.25, -0.2) is 4.79 Å². The summed E-state index contributed by atoms with van der Waals surface area (Å²) in [4.78, 5) is 10.4. The Bertz CT molecular complexity index is 258. The van der Waals surface area contributed by atoms with Gasteiger partial charge in [-0.05, 0) is 31.3 Å². The molecule has 92 valence electrons. The Balaban J connectivity index is 2.29. The molecule has 0 spiro atoms. The average molecular weight is 226 g/mol. The van der Waals surface area contributed by atoms with Crippen molar-refractivity contribution in [2.45, 2.75) is 52.1 Å². The highest BCUT2D eigenvalue weighted by molar-refractivity contribution is 5.80. The summed E-state index contributed by atoms with van der Waals surface area (Å²) >= 11 is 0. The van der Waals surface area contributed by atoms with E-state index in [1.807, 2.05) is 0 Å². The van der Waals surface area contributed by atoms with Gasteiger partial charge in [0.25, 0.3) is 0 Å². The first-order valence-electron chi connectivity index (χ1n) is 6.13. The lowest BCUT2D eigenvalue weighted by molar-refractivity contribution is -0.131. The standard InChI is InChI=1S/C13H22O3/c1-3-11-5-4-6-12(8-11)16-9-10(2)7-13(14)15/h7,11-12H,3-6,8-9H2,1-2H3,(H,14,15). The summed E-state index contributed by atoms with van der Waals surface area (Å²) in [5, 5.41) is 8.57. The van der Waals surface area contributed by atoms with Gasteiger partial charge in [0.15, 0.2) is 0 Å². The second kappa shape index (κ2) is 6.69. The number of aliphatic carboxylic acids is 1. The van der Waals surface area contributed by atoms with Crippen molar-refractivity contribution in [3.63, 3.8) is 0 Å². The molecule has 3 heteroatoms. The van der Waals surface area contributed by atoms with E-state index in [0.717, 1.165) is 24.3 Å². The van der Waals surface area contributed by atoms with Crippen molar-refractivity contribution in [3.8, 4) is 0 Å². The molecule has 3 nitrogen and oxygen atoms in total. The van der Waals surface area contributed by atoms with E-state index in [1.165, 1.54) is 25.3 Å². The minimum absolute atomic E-state index is 0.329. The maximum Gasteiger partial charge on any atom is 0.328 e. The molecule has 0 saturated heterocycles. The van der Waals surface area contributed by atoms with Crippen molar-refractivity contribution in [1.82, 2.24) is 0 Å². The van der Waals surface area contributed by atoms with Gasteiger partial charge in [-0.3, -0.25) is 0 Å². The Morgan fingerprint density at radius 1 is 1.50 bits per heavy atom. The highest BCUT2D eigenvalue weighted by Gasteiger charge is 2.20. The summed E-state index contributed by atoms with van der Waals surface area (Å²) in [7, 11) is 0. The predicted molar refractivity (Wildman–Crippen MR) is 63.4 cm³/mol. The molecule has 0 bridgehead atoms. The lowest BCUT2D eigenvalue weighted by atomic mass is 9.85. The molecule has 0 amide bonds. The average Bonchev–Trinajstić information content (AvgIpc) is 2.26. The number of hydrogen-bond acceptors (Lipinski definition) is 2. The number of rotatable bonds is 5. The van der Waals surface area contributed by atoms with Crippen LogP contribution in [0.3, 0.4) is 0 Å². The molecule has 0 aromatic carbocycles. The molecule has 0 aromatic heterocycles. The third-order valence-corrected chi connectivity index (χ3v) is 3.23. The molecule has 2 atom stereocenters. The van der Waals surface area contributed by atoms with Crippen molar-refractivity contribution in [1.29, 1.82) is 0 Å².